The van der Waals surface area contributed by atoms with Gasteiger partial charge in [-0.1, -0.05) is 30.7 Å². The van der Waals surface area contributed by atoms with Crippen molar-refractivity contribution in [3.05, 3.63) is 23.8 Å². The van der Waals surface area contributed by atoms with E-state index in [-0.39, 0.29) is 6.42 Å². The highest BCUT2D eigenvalue weighted by Crippen LogP contribution is 2.23. The van der Waals surface area contributed by atoms with Crippen LogP contribution in [0.25, 0.3) is 0 Å². The van der Waals surface area contributed by atoms with Crippen LogP contribution in [0, 0.1) is 5.92 Å². The van der Waals surface area contributed by atoms with Crippen molar-refractivity contribution < 1.29 is 15.0 Å². The van der Waals surface area contributed by atoms with E-state index in [1.165, 1.54) is 0 Å². The van der Waals surface area contributed by atoms with E-state index < -0.39 is 12.1 Å². The zero-order chi connectivity index (χ0) is 9.84. The quantitative estimate of drug-likeness (QED) is 0.692. The molecule has 0 spiro atoms. The molecule has 0 amide bonds. The molecule has 1 aliphatic rings. The van der Waals surface area contributed by atoms with E-state index in [1.807, 2.05) is 25.2 Å². The lowest BCUT2D eigenvalue weighted by atomic mass is 9.89. The van der Waals surface area contributed by atoms with Gasteiger partial charge < -0.3 is 10.2 Å². The second-order valence-electron chi connectivity index (χ2n) is 3.36. The van der Waals surface area contributed by atoms with Gasteiger partial charge in [0, 0.05) is 6.42 Å². The standard InChI is InChI=1S/C10H14O3/c1-7-4-2-3-5-8(7)6-9(11)10(12)13/h2-3,5,7,9,11H,4,6H2,1H3,(H,12,13). The predicted molar refractivity (Wildman–Crippen MR) is 49.3 cm³/mol. The van der Waals surface area contributed by atoms with Crippen LogP contribution < -0.4 is 0 Å². The van der Waals surface area contributed by atoms with Crippen LogP contribution in [-0.2, 0) is 4.79 Å². The molecule has 0 fully saturated rings. The minimum atomic E-state index is -1.26. The van der Waals surface area contributed by atoms with Crippen molar-refractivity contribution in [1.82, 2.24) is 0 Å². The molecule has 72 valence electrons. The van der Waals surface area contributed by atoms with Gasteiger partial charge in [-0.05, 0) is 12.3 Å². The molecule has 2 unspecified atom stereocenters. The number of carboxylic acids is 1. The number of aliphatic hydroxyl groups is 1. The topological polar surface area (TPSA) is 57.5 Å². The van der Waals surface area contributed by atoms with Gasteiger partial charge >= 0.3 is 5.97 Å². The van der Waals surface area contributed by atoms with E-state index in [4.69, 9.17) is 10.2 Å². The highest BCUT2D eigenvalue weighted by atomic mass is 16.4. The number of aliphatic hydroxyl groups excluding tert-OH is 1. The Kier molecular flexibility index (Phi) is 3.25. The van der Waals surface area contributed by atoms with Crippen LogP contribution in [0.15, 0.2) is 23.8 Å². The Morgan fingerprint density at radius 3 is 3.00 bits per heavy atom. The minimum Gasteiger partial charge on any atom is -0.479 e. The highest BCUT2D eigenvalue weighted by molar-refractivity contribution is 5.72. The first kappa shape index (κ1) is 9.99. The number of carboxylic acid groups (broad SMARTS) is 1. The Hall–Kier alpha value is -1.09. The van der Waals surface area contributed by atoms with Crippen LogP contribution in [-0.4, -0.2) is 22.3 Å². The average Bonchev–Trinajstić information content (AvgIpc) is 2.08. The zero-order valence-corrected chi connectivity index (χ0v) is 7.60. The highest BCUT2D eigenvalue weighted by Gasteiger charge is 2.18. The molecule has 2 N–H and O–H groups in total. The third-order valence-electron chi connectivity index (χ3n) is 2.28. The Morgan fingerprint density at radius 1 is 1.77 bits per heavy atom. The van der Waals surface area contributed by atoms with Gasteiger partial charge in [-0.2, -0.15) is 0 Å². The molecule has 0 radical (unpaired) electrons. The molecular weight excluding hydrogens is 168 g/mol. The van der Waals surface area contributed by atoms with Gasteiger partial charge in [0.25, 0.3) is 0 Å². The number of allylic oxidation sites excluding steroid dienone is 3. The summed E-state index contributed by atoms with van der Waals surface area (Å²) < 4.78 is 0. The van der Waals surface area contributed by atoms with E-state index in [0.717, 1.165) is 12.0 Å². The van der Waals surface area contributed by atoms with Gasteiger partial charge in [0.2, 0.25) is 0 Å². The van der Waals surface area contributed by atoms with Gasteiger partial charge in [0.15, 0.2) is 6.10 Å². The summed E-state index contributed by atoms with van der Waals surface area (Å²) in [6, 6.07) is 0. The Morgan fingerprint density at radius 2 is 2.46 bits per heavy atom. The first-order valence-corrected chi connectivity index (χ1v) is 4.37. The summed E-state index contributed by atoms with van der Waals surface area (Å²) in [5, 5.41) is 17.6. The van der Waals surface area contributed by atoms with Crippen molar-refractivity contribution in [2.75, 3.05) is 0 Å². The van der Waals surface area contributed by atoms with Gasteiger partial charge in [0.05, 0.1) is 0 Å². The molecule has 0 aromatic carbocycles. The summed E-state index contributed by atoms with van der Waals surface area (Å²) >= 11 is 0. The third-order valence-corrected chi connectivity index (χ3v) is 2.28. The molecule has 0 aliphatic heterocycles. The molecule has 2 atom stereocenters. The maximum absolute atomic E-state index is 10.4. The molecule has 0 aromatic rings. The summed E-state index contributed by atoms with van der Waals surface area (Å²) in [7, 11) is 0. The molecular formula is C10H14O3. The van der Waals surface area contributed by atoms with Gasteiger partial charge in [0.1, 0.15) is 0 Å². The smallest absolute Gasteiger partial charge is 0.332 e. The van der Waals surface area contributed by atoms with Crippen LogP contribution in [0.1, 0.15) is 19.8 Å². The normalized spacial score (nSPS) is 23.8. The lowest BCUT2D eigenvalue weighted by Crippen LogP contribution is -2.21. The van der Waals surface area contributed by atoms with Crippen LogP contribution >= 0.6 is 0 Å². The SMILES string of the molecule is CC1CC=CC=C1CC(O)C(=O)O. The van der Waals surface area contributed by atoms with E-state index in [0.29, 0.717) is 5.92 Å². The molecule has 1 rings (SSSR count). The molecule has 0 aromatic heterocycles. The fourth-order valence-electron chi connectivity index (χ4n) is 1.37. The number of hydrogen-bond acceptors (Lipinski definition) is 2. The molecule has 0 heterocycles. The van der Waals surface area contributed by atoms with Crippen molar-refractivity contribution in [2.45, 2.75) is 25.9 Å². The number of carbonyl (C=O) groups is 1. The first-order chi connectivity index (χ1) is 6.11. The molecule has 0 saturated heterocycles. The van der Waals surface area contributed by atoms with E-state index in [9.17, 15) is 4.79 Å². The van der Waals surface area contributed by atoms with E-state index in [1.54, 1.807) is 0 Å². The lowest BCUT2D eigenvalue weighted by Gasteiger charge is -2.18. The third kappa shape index (κ3) is 2.70. The summed E-state index contributed by atoms with van der Waals surface area (Å²) in [5.41, 5.74) is 1.01. The molecule has 3 nitrogen and oxygen atoms in total. The van der Waals surface area contributed by atoms with Crippen molar-refractivity contribution in [2.24, 2.45) is 5.92 Å². The number of aliphatic carboxylic acids is 1. The fraction of sp³-hybridized carbons (Fsp3) is 0.500. The summed E-state index contributed by atoms with van der Waals surface area (Å²) in [6.45, 7) is 2.03. The Bertz CT molecular complexity index is 253. The van der Waals surface area contributed by atoms with Gasteiger partial charge in [-0.25, -0.2) is 4.79 Å². The second kappa shape index (κ2) is 4.23. The maximum atomic E-state index is 10.4. The summed E-state index contributed by atoms with van der Waals surface area (Å²) in [4.78, 5) is 10.4. The average molecular weight is 182 g/mol. The molecule has 1 aliphatic carbocycles. The maximum Gasteiger partial charge on any atom is 0.332 e. The van der Waals surface area contributed by atoms with Crippen LogP contribution in [0.3, 0.4) is 0 Å². The van der Waals surface area contributed by atoms with Crippen LogP contribution in [0.2, 0.25) is 0 Å². The molecule has 13 heavy (non-hydrogen) atoms. The molecule has 3 heteroatoms. The van der Waals surface area contributed by atoms with Crippen LogP contribution in [0.4, 0.5) is 0 Å². The molecule has 0 saturated carbocycles. The largest absolute Gasteiger partial charge is 0.479 e. The van der Waals surface area contributed by atoms with Crippen molar-refractivity contribution in [3.8, 4) is 0 Å². The predicted octanol–water partition coefficient (Wildman–Crippen LogP) is 1.34. The summed E-state index contributed by atoms with van der Waals surface area (Å²) in [5.74, 6) is -0.804. The molecule has 0 bridgehead atoms. The zero-order valence-electron chi connectivity index (χ0n) is 7.60. The number of rotatable bonds is 3. The van der Waals surface area contributed by atoms with Crippen molar-refractivity contribution in [3.63, 3.8) is 0 Å². The number of hydrogen-bond donors (Lipinski definition) is 2. The van der Waals surface area contributed by atoms with Crippen LogP contribution in [0.5, 0.6) is 0 Å². The van der Waals surface area contributed by atoms with Gasteiger partial charge in [-0.15, -0.1) is 0 Å². The fourth-order valence-corrected chi connectivity index (χ4v) is 1.37. The monoisotopic (exact) mass is 182 g/mol. The van der Waals surface area contributed by atoms with Crippen molar-refractivity contribution >= 4 is 5.97 Å². The van der Waals surface area contributed by atoms with Crippen molar-refractivity contribution in [1.29, 1.82) is 0 Å². The second-order valence-corrected chi connectivity index (χ2v) is 3.36. The lowest BCUT2D eigenvalue weighted by molar-refractivity contribution is -0.146. The van der Waals surface area contributed by atoms with Gasteiger partial charge in [-0.3, -0.25) is 0 Å². The minimum absolute atomic E-state index is 0.237. The summed E-state index contributed by atoms with van der Waals surface area (Å²) in [6.07, 6.45) is 5.74. The van der Waals surface area contributed by atoms with E-state index in [2.05, 4.69) is 0 Å². The Balaban J connectivity index is 2.57. The first-order valence-electron chi connectivity index (χ1n) is 4.37. The van der Waals surface area contributed by atoms with E-state index >= 15 is 0 Å². The Labute approximate surface area is 77.4 Å².